The lowest BCUT2D eigenvalue weighted by Gasteiger charge is -2.09. The molecule has 1 saturated heterocycles. The Kier molecular flexibility index (Phi) is 2.81. The SMILES string of the molecule is Cn1ncnc1C1CC(c2ccc(F)cc2)NN1. The third-order valence-electron chi connectivity index (χ3n) is 3.23. The lowest BCUT2D eigenvalue weighted by atomic mass is 10.0. The quantitative estimate of drug-likeness (QED) is 0.838. The van der Waals surface area contributed by atoms with Crippen LogP contribution in [0.2, 0.25) is 0 Å². The Hall–Kier alpha value is -1.79. The zero-order valence-electron chi connectivity index (χ0n) is 9.97. The highest BCUT2D eigenvalue weighted by Gasteiger charge is 2.28. The van der Waals surface area contributed by atoms with Crippen molar-refractivity contribution in [2.45, 2.75) is 18.5 Å². The number of aromatic nitrogens is 3. The molecule has 6 heteroatoms. The summed E-state index contributed by atoms with van der Waals surface area (Å²) in [5.41, 5.74) is 7.46. The topological polar surface area (TPSA) is 54.8 Å². The first-order valence-corrected chi connectivity index (χ1v) is 5.84. The summed E-state index contributed by atoms with van der Waals surface area (Å²) in [7, 11) is 1.87. The van der Waals surface area contributed by atoms with Crippen LogP contribution < -0.4 is 10.9 Å². The molecule has 1 fully saturated rings. The number of rotatable bonds is 2. The van der Waals surface area contributed by atoms with E-state index in [1.54, 1.807) is 23.1 Å². The number of halogens is 1. The molecule has 0 amide bonds. The van der Waals surface area contributed by atoms with Crippen molar-refractivity contribution in [2.24, 2.45) is 7.05 Å². The molecule has 0 saturated carbocycles. The van der Waals surface area contributed by atoms with Crippen molar-refractivity contribution in [3.05, 3.63) is 47.8 Å². The standard InChI is InChI=1S/C12H14FN5/c1-18-12(14-7-15-18)11-6-10(16-17-11)8-2-4-9(13)5-3-8/h2-5,7,10-11,16-17H,6H2,1H3. The summed E-state index contributed by atoms with van der Waals surface area (Å²) in [5, 5.41) is 4.06. The van der Waals surface area contributed by atoms with Gasteiger partial charge in [0.05, 0.1) is 6.04 Å². The Morgan fingerprint density at radius 3 is 2.61 bits per heavy atom. The molecule has 1 aliphatic heterocycles. The molecule has 2 unspecified atom stereocenters. The van der Waals surface area contributed by atoms with E-state index in [-0.39, 0.29) is 17.9 Å². The average molecular weight is 247 g/mol. The van der Waals surface area contributed by atoms with E-state index in [1.165, 1.54) is 12.1 Å². The molecule has 1 aromatic carbocycles. The van der Waals surface area contributed by atoms with Gasteiger partial charge in [-0.25, -0.2) is 20.2 Å². The molecule has 2 atom stereocenters. The maximum Gasteiger partial charge on any atom is 0.145 e. The third kappa shape index (κ3) is 2.00. The van der Waals surface area contributed by atoms with E-state index in [0.717, 1.165) is 17.8 Å². The summed E-state index contributed by atoms with van der Waals surface area (Å²) >= 11 is 0. The van der Waals surface area contributed by atoms with E-state index in [0.29, 0.717) is 0 Å². The van der Waals surface area contributed by atoms with Gasteiger partial charge < -0.3 is 0 Å². The highest BCUT2D eigenvalue weighted by molar-refractivity contribution is 5.21. The van der Waals surface area contributed by atoms with Crippen molar-refractivity contribution in [1.29, 1.82) is 0 Å². The summed E-state index contributed by atoms with van der Waals surface area (Å²) in [6.45, 7) is 0. The molecule has 1 aromatic heterocycles. The molecule has 94 valence electrons. The molecule has 0 aliphatic carbocycles. The van der Waals surface area contributed by atoms with Gasteiger partial charge in [-0.2, -0.15) is 5.10 Å². The molecule has 3 rings (SSSR count). The number of hydrazine groups is 1. The molecular weight excluding hydrogens is 233 g/mol. The van der Waals surface area contributed by atoms with E-state index in [2.05, 4.69) is 20.9 Å². The van der Waals surface area contributed by atoms with Gasteiger partial charge >= 0.3 is 0 Å². The predicted molar refractivity (Wildman–Crippen MR) is 63.8 cm³/mol. The van der Waals surface area contributed by atoms with Gasteiger partial charge in [-0.3, -0.25) is 4.68 Å². The first kappa shape index (κ1) is 11.3. The minimum atomic E-state index is -0.213. The Morgan fingerprint density at radius 2 is 1.94 bits per heavy atom. The molecule has 0 radical (unpaired) electrons. The Morgan fingerprint density at radius 1 is 1.22 bits per heavy atom. The fourth-order valence-corrected chi connectivity index (χ4v) is 2.26. The van der Waals surface area contributed by atoms with Gasteiger partial charge in [-0.05, 0) is 24.1 Å². The lowest BCUT2D eigenvalue weighted by molar-refractivity contribution is 0.519. The fraction of sp³-hybridized carbons (Fsp3) is 0.333. The van der Waals surface area contributed by atoms with Crippen LogP contribution in [0.4, 0.5) is 4.39 Å². The summed E-state index contributed by atoms with van der Waals surface area (Å²) < 4.78 is 14.6. The minimum Gasteiger partial charge on any atom is -0.252 e. The smallest absolute Gasteiger partial charge is 0.145 e. The second-order valence-electron chi connectivity index (χ2n) is 4.42. The molecule has 1 aliphatic rings. The lowest BCUT2D eigenvalue weighted by Crippen LogP contribution is -2.27. The van der Waals surface area contributed by atoms with E-state index in [1.807, 2.05) is 7.05 Å². The van der Waals surface area contributed by atoms with Crippen molar-refractivity contribution < 1.29 is 4.39 Å². The van der Waals surface area contributed by atoms with Gasteiger partial charge in [-0.15, -0.1) is 0 Å². The van der Waals surface area contributed by atoms with E-state index in [4.69, 9.17) is 0 Å². The number of nitrogens with one attached hydrogen (secondary N) is 2. The number of hydrogen-bond acceptors (Lipinski definition) is 4. The van der Waals surface area contributed by atoms with E-state index < -0.39 is 0 Å². The Labute approximate surface area is 104 Å². The average Bonchev–Trinajstić information content (AvgIpc) is 2.98. The Bertz CT molecular complexity index is 536. The zero-order chi connectivity index (χ0) is 12.5. The van der Waals surface area contributed by atoms with Crippen molar-refractivity contribution in [2.75, 3.05) is 0 Å². The Balaban J connectivity index is 1.76. The second-order valence-corrected chi connectivity index (χ2v) is 4.42. The first-order chi connectivity index (χ1) is 8.74. The first-order valence-electron chi connectivity index (χ1n) is 5.84. The number of aryl methyl sites for hydroxylation is 1. The van der Waals surface area contributed by atoms with E-state index >= 15 is 0 Å². The van der Waals surface area contributed by atoms with Crippen LogP contribution in [0.3, 0.4) is 0 Å². The molecule has 18 heavy (non-hydrogen) atoms. The molecule has 5 nitrogen and oxygen atoms in total. The molecule has 2 heterocycles. The van der Waals surface area contributed by atoms with Crippen LogP contribution in [0.25, 0.3) is 0 Å². The van der Waals surface area contributed by atoms with Crippen LogP contribution >= 0.6 is 0 Å². The molecule has 0 spiro atoms. The van der Waals surface area contributed by atoms with Crippen molar-refractivity contribution >= 4 is 0 Å². The monoisotopic (exact) mass is 247 g/mol. The van der Waals surface area contributed by atoms with Gasteiger partial charge in [0.15, 0.2) is 0 Å². The molecule has 2 N–H and O–H groups in total. The maximum absolute atomic E-state index is 12.9. The number of benzene rings is 1. The van der Waals surface area contributed by atoms with Crippen LogP contribution in [-0.4, -0.2) is 14.8 Å². The van der Waals surface area contributed by atoms with Gasteiger partial charge in [0, 0.05) is 13.1 Å². The van der Waals surface area contributed by atoms with Crippen LogP contribution in [0.15, 0.2) is 30.6 Å². The largest absolute Gasteiger partial charge is 0.252 e. The summed E-state index contributed by atoms with van der Waals surface area (Å²) in [4.78, 5) is 4.23. The van der Waals surface area contributed by atoms with E-state index in [9.17, 15) is 4.39 Å². The van der Waals surface area contributed by atoms with Crippen LogP contribution in [0.1, 0.15) is 29.9 Å². The predicted octanol–water partition coefficient (Wildman–Crippen LogP) is 1.23. The van der Waals surface area contributed by atoms with Gasteiger partial charge in [0.1, 0.15) is 18.0 Å². The van der Waals surface area contributed by atoms with Crippen molar-refractivity contribution in [3.63, 3.8) is 0 Å². The van der Waals surface area contributed by atoms with Crippen molar-refractivity contribution in [1.82, 2.24) is 25.6 Å². The van der Waals surface area contributed by atoms with Gasteiger partial charge in [0.25, 0.3) is 0 Å². The number of hydrogen-bond donors (Lipinski definition) is 2. The minimum absolute atomic E-state index is 0.118. The van der Waals surface area contributed by atoms with Crippen molar-refractivity contribution in [3.8, 4) is 0 Å². The molecule has 2 aromatic rings. The second kappa shape index (κ2) is 4.47. The summed E-state index contributed by atoms with van der Waals surface area (Å²) in [6.07, 6.45) is 2.40. The van der Waals surface area contributed by atoms with Crippen LogP contribution in [0.5, 0.6) is 0 Å². The normalized spacial score (nSPS) is 23.4. The summed E-state index contributed by atoms with van der Waals surface area (Å²) in [5.74, 6) is 0.682. The fourth-order valence-electron chi connectivity index (χ4n) is 2.26. The third-order valence-corrected chi connectivity index (χ3v) is 3.23. The number of nitrogens with zero attached hydrogens (tertiary/aromatic N) is 3. The molecule has 0 bridgehead atoms. The molecular formula is C12H14FN5. The van der Waals surface area contributed by atoms with Crippen LogP contribution in [-0.2, 0) is 7.05 Å². The van der Waals surface area contributed by atoms with Gasteiger partial charge in [0.2, 0.25) is 0 Å². The summed E-state index contributed by atoms with van der Waals surface area (Å²) in [6, 6.07) is 6.83. The van der Waals surface area contributed by atoms with Gasteiger partial charge in [-0.1, -0.05) is 12.1 Å². The zero-order valence-corrected chi connectivity index (χ0v) is 9.97. The highest BCUT2D eigenvalue weighted by atomic mass is 19.1. The maximum atomic E-state index is 12.9. The van der Waals surface area contributed by atoms with Crippen LogP contribution in [0, 0.1) is 5.82 Å². The highest BCUT2D eigenvalue weighted by Crippen LogP contribution is 2.29.